The third-order valence-electron chi connectivity index (χ3n) is 5.44. The van der Waals surface area contributed by atoms with Crippen LogP contribution in [0.1, 0.15) is 37.3 Å². The van der Waals surface area contributed by atoms with E-state index in [0.29, 0.717) is 28.4 Å². The lowest BCUT2D eigenvalue weighted by atomic mass is 10.0. The molecule has 9 heteroatoms. The second kappa shape index (κ2) is 11.7. The molecule has 0 saturated carbocycles. The van der Waals surface area contributed by atoms with E-state index in [-0.39, 0.29) is 24.9 Å². The van der Waals surface area contributed by atoms with Crippen LogP contribution in [-0.2, 0) is 11.3 Å². The fourth-order valence-electron chi connectivity index (χ4n) is 3.59. The Kier molecular flexibility index (Phi) is 8.94. The van der Waals surface area contributed by atoms with Crippen LogP contribution in [0.5, 0.6) is 5.75 Å². The highest BCUT2D eigenvalue weighted by atomic mass is 35.5. The molecule has 1 amide bonds. The van der Waals surface area contributed by atoms with Crippen molar-refractivity contribution in [2.45, 2.75) is 39.7 Å². The molecule has 0 N–H and O–H groups in total. The summed E-state index contributed by atoms with van der Waals surface area (Å²) in [4.78, 5) is 23.8. The van der Waals surface area contributed by atoms with Gasteiger partial charge in [0.25, 0.3) is 5.91 Å². The molecule has 2 heterocycles. The molecule has 0 aliphatic heterocycles. The van der Waals surface area contributed by atoms with Gasteiger partial charge in [0, 0.05) is 30.5 Å². The minimum atomic E-state index is -0.128. The lowest BCUT2D eigenvalue weighted by Crippen LogP contribution is -2.36. The first-order chi connectivity index (χ1) is 15.9. The van der Waals surface area contributed by atoms with E-state index < -0.39 is 0 Å². The number of thiazole rings is 1. The average molecular weight is 519 g/mol. The lowest BCUT2D eigenvalue weighted by molar-refractivity contribution is -0.120. The Morgan fingerprint density at radius 3 is 2.68 bits per heavy atom. The molecule has 0 radical (unpaired) electrons. The average Bonchev–Trinajstić information content (AvgIpc) is 3.45. The van der Waals surface area contributed by atoms with E-state index in [2.05, 4.69) is 18.8 Å². The van der Waals surface area contributed by atoms with Crippen LogP contribution in [0.25, 0.3) is 10.2 Å². The van der Waals surface area contributed by atoms with Crippen molar-refractivity contribution in [2.75, 3.05) is 18.1 Å². The minimum absolute atomic E-state index is 0. The zero-order valence-electron chi connectivity index (χ0n) is 19.4. The number of aromatic nitrogens is 3. The summed E-state index contributed by atoms with van der Waals surface area (Å²) in [5.41, 5.74) is 3.10. The molecule has 4 aromatic rings. The fraction of sp³-hybridized carbons (Fsp3) is 0.320. The van der Waals surface area contributed by atoms with Crippen LogP contribution in [0.15, 0.2) is 55.1 Å². The van der Waals surface area contributed by atoms with Crippen LogP contribution in [0.4, 0.5) is 5.13 Å². The number of carbonyl (C=O) groups excluding carboxylic acids is 1. The molecular formula is C25H28Cl2N4O2S. The van der Waals surface area contributed by atoms with Crippen molar-refractivity contribution >= 4 is 56.6 Å². The maximum atomic E-state index is 13.2. The summed E-state index contributed by atoms with van der Waals surface area (Å²) in [7, 11) is 0. The number of hydrogen-bond acceptors (Lipinski definition) is 5. The van der Waals surface area contributed by atoms with Gasteiger partial charge >= 0.3 is 0 Å². The van der Waals surface area contributed by atoms with E-state index >= 15 is 0 Å². The number of anilines is 1. The largest absolute Gasteiger partial charge is 0.484 e. The highest BCUT2D eigenvalue weighted by molar-refractivity contribution is 7.22. The lowest BCUT2D eigenvalue weighted by Gasteiger charge is -2.20. The first-order valence-electron chi connectivity index (χ1n) is 11.0. The summed E-state index contributed by atoms with van der Waals surface area (Å²) in [5.74, 6) is 0.997. The van der Waals surface area contributed by atoms with Gasteiger partial charge in [-0.25, -0.2) is 9.97 Å². The Bertz CT molecular complexity index is 1220. The molecule has 0 aliphatic rings. The Morgan fingerprint density at radius 1 is 1.24 bits per heavy atom. The third kappa shape index (κ3) is 6.29. The molecule has 34 heavy (non-hydrogen) atoms. The summed E-state index contributed by atoms with van der Waals surface area (Å²) in [5, 5.41) is 1.33. The number of benzene rings is 2. The van der Waals surface area contributed by atoms with Gasteiger partial charge < -0.3 is 9.30 Å². The quantitative estimate of drug-likeness (QED) is 0.253. The normalized spacial score (nSPS) is 11.0. The molecule has 2 aromatic heterocycles. The number of ether oxygens (including phenoxy) is 1. The standard InChI is InChI=1S/C25H27ClN4O2S.ClH/c1-17(2)19-5-7-21(8-6-19)32-15-23(31)30(11-4-10-29-12-9-27-16-29)25-28-24-18(3)13-20(26)14-22(24)33-25;/h5-9,12-14,16-17H,4,10-11,15H2,1-3H3;1H. The topological polar surface area (TPSA) is 60.2 Å². The summed E-state index contributed by atoms with van der Waals surface area (Å²) < 4.78 is 8.79. The molecule has 0 aliphatic carbocycles. The number of amides is 1. The highest BCUT2D eigenvalue weighted by Gasteiger charge is 2.21. The monoisotopic (exact) mass is 518 g/mol. The van der Waals surface area contributed by atoms with E-state index in [9.17, 15) is 4.79 Å². The van der Waals surface area contributed by atoms with Crippen molar-refractivity contribution in [2.24, 2.45) is 0 Å². The van der Waals surface area contributed by atoms with Crippen LogP contribution in [0, 0.1) is 6.92 Å². The van der Waals surface area contributed by atoms with Crippen LogP contribution in [-0.4, -0.2) is 33.6 Å². The number of hydrogen-bond donors (Lipinski definition) is 0. The Morgan fingerprint density at radius 2 is 2.00 bits per heavy atom. The molecule has 0 unspecified atom stereocenters. The maximum Gasteiger partial charge on any atom is 0.266 e. The van der Waals surface area contributed by atoms with E-state index in [1.165, 1.54) is 16.9 Å². The van der Waals surface area contributed by atoms with Crippen molar-refractivity contribution in [1.29, 1.82) is 0 Å². The summed E-state index contributed by atoms with van der Waals surface area (Å²) in [6, 6.07) is 11.7. The number of halogens is 2. The maximum absolute atomic E-state index is 13.2. The van der Waals surface area contributed by atoms with Gasteiger partial charge in [-0.05, 0) is 54.7 Å². The van der Waals surface area contributed by atoms with Gasteiger partial charge in [-0.2, -0.15) is 0 Å². The van der Waals surface area contributed by atoms with Crippen molar-refractivity contribution in [3.05, 3.63) is 71.3 Å². The van der Waals surface area contributed by atoms with Crippen molar-refractivity contribution in [1.82, 2.24) is 14.5 Å². The summed E-state index contributed by atoms with van der Waals surface area (Å²) >= 11 is 7.71. The number of imidazole rings is 1. The van der Waals surface area contributed by atoms with Crippen LogP contribution in [0.3, 0.4) is 0 Å². The Hall–Kier alpha value is -2.61. The van der Waals surface area contributed by atoms with Crippen molar-refractivity contribution in [3.8, 4) is 5.75 Å². The number of aryl methyl sites for hydroxylation is 2. The number of nitrogens with zero attached hydrogens (tertiary/aromatic N) is 4. The zero-order valence-corrected chi connectivity index (χ0v) is 21.8. The molecule has 180 valence electrons. The molecule has 4 rings (SSSR count). The van der Waals surface area contributed by atoms with Gasteiger partial charge in [0.15, 0.2) is 11.7 Å². The van der Waals surface area contributed by atoms with E-state index in [0.717, 1.165) is 28.7 Å². The third-order valence-corrected chi connectivity index (χ3v) is 6.68. The van der Waals surface area contributed by atoms with Crippen molar-refractivity contribution < 1.29 is 9.53 Å². The summed E-state index contributed by atoms with van der Waals surface area (Å²) in [6.07, 6.45) is 6.21. The van der Waals surface area contributed by atoms with Crippen LogP contribution in [0.2, 0.25) is 5.02 Å². The van der Waals surface area contributed by atoms with E-state index in [4.69, 9.17) is 21.3 Å². The smallest absolute Gasteiger partial charge is 0.266 e. The first kappa shape index (κ1) is 26.0. The first-order valence-corrected chi connectivity index (χ1v) is 12.2. The van der Waals surface area contributed by atoms with E-state index in [1.807, 2.05) is 54.1 Å². The molecular weight excluding hydrogens is 491 g/mol. The van der Waals surface area contributed by atoms with Gasteiger partial charge in [-0.1, -0.05) is 48.9 Å². The predicted octanol–water partition coefficient (Wildman–Crippen LogP) is 6.50. The highest BCUT2D eigenvalue weighted by Crippen LogP contribution is 2.33. The Balaban J connectivity index is 0.00000324. The van der Waals surface area contributed by atoms with Gasteiger partial charge in [-0.15, -0.1) is 12.4 Å². The molecule has 0 saturated heterocycles. The Labute approximate surface area is 215 Å². The zero-order chi connectivity index (χ0) is 23.4. The molecule has 0 spiro atoms. The summed E-state index contributed by atoms with van der Waals surface area (Å²) in [6.45, 7) is 7.51. The minimum Gasteiger partial charge on any atom is -0.484 e. The van der Waals surface area contributed by atoms with Crippen molar-refractivity contribution in [3.63, 3.8) is 0 Å². The molecule has 6 nitrogen and oxygen atoms in total. The molecule has 0 atom stereocenters. The predicted molar refractivity (Wildman–Crippen MR) is 142 cm³/mol. The van der Waals surface area contributed by atoms with Gasteiger partial charge in [0.1, 0.15) is 5.75 Å². The second-order valence-electron chi connectivity index (χ2n) is 8.28. The number of fused-ring (bicyclic) bond motifs is 1. The SMILES string of the molecule is Cc1cc(Cl)cc2sc(N(CCCn3ccnc3)C(=O)COc3ccc(C(C)C)cc3)nc12.Cl. The van der Waals surface area contributed by atoms with Crippen LogP contribution >= 0.6 is 35.3 Å². The molecule has 0 bridgehead atoms. The van der Waals surface area contributed by atoms with E-state index in [1.54, 1.807) is 17.4 Å². The number of rotatable bonds is 9. The van der Waals surface area contributed by atoms with Crippen LogP contribution < -0.4 is 9.64 Å². The van der Waals surface area contributed by atoms with Gasteiger partial charge in [0.2, 0.25) is 0 Å². The fourth-order valence-corrected chi connectivity index (χ4v) is 5.05. The molecule has 2 aromatic carbocycles. The number of carbonyl (C=O) groups is 1. The van der Waals surface area contributed by atoms with Gasteiger partial charge in [0.05, 0.1) is 16.5 Å². The molecule has 0 fully saturated rings. The van der Waals surface area contributed by atoms with Gasteiger partial charge in [-0.3, -0.25) is 9.69 Å². The second-order valence-corrected chi connectivity index (χ2v) is 9.72.